The summed E-state index contributed by atoms with van der Waals surface area (Å²) in [4.78, 5) is 4.23. The van der Waals surface area contributed by atoms with Crippen molar-refractivity contribution in [2.24, 2.45) is 5.92 Å². The number of aryl methyl sites for hydroxylation is 1. The van der Waals surface area contributed by atoms with Crippen LogP contribution in [-0.2, 0) is 4.74 Å². The van der Waals surface area contributed by atoms with Crippen molar-refractivity contribution in [2.75, 3.05) is 20.3 Å². The van der Waals surface area contributed by atoms with Crippen LogP contribution in [0.3, 0.4) is 0 Å². The Morgan fingerprint density at radius 2 is 2.20 bits per heavy atom. The van der Waals surface area contributed by atoms with Crippen LogP contribution in [0.5, 0.6) is 0 Å². The molecule has 0 aliphatic heterocycles. The minimum absolute atomic E-state index is 0.0985. The predicted octanol–water partition coefficient (Wildman–Crippen LogP) is 1.31. The number of methoxy groups -OCH3 is 1. The maximum Gasteiger partial charge on any atom is 0.244 e. The summed E-state index contributed by atoms with van der Waals surface area (Å²) in [6.45, 7) is 7.50. The van der Waals surface area contributed by atoms with Crippen LogP contribution in [0, 0.1) is 12.8 Å². The molecule has 0 saturated carbocycles. The number of ether oxygens (including phenoxy) is 1. The fraction of sp³-hybridized carbons (Fsp3) is 0.800. The van der Waals surface area contributed by atoms with Crippen molar-refractivity contribution in [3.05, 3.63) is 11.7 Å². The molecule has 1 heterocycles. The molecular weight excluding hydrogens is 194 g/mol. The molecule has 0 amide bonds. The molecule has 0 bridgehead atoms. The van der Waals surface area contributed by atoms with E-state index in [0.717, 1.165) is 6.54 Å². The highest BCUT2D eigenvalue weighted by molar-refractivity contribution is 4.92. The summed E-state index contributed by atoms with van der Waals surface area (Å²) in [7, 11) is 1.68. The third-order valence-electron chi connectivity index (χ3n) is 2.15. The summed E-state index contributed by atoms with van der Waals surface area (Å²) in [6, 6.07) is 0.0985. The number of nitrogens with one attached hydrogen (secondary N) is 1. The van der Waals surface area contributed by atoms with Crippen LogP contribution >= 0.6 is 0 Å². The Balaban J connectivity index is 2.58. The molecule has 5 nitrogen and oxygen atoms in total. The number of hydrogen-bond donors (Lipinski definition) is 1. The van der Waals surface area contributed by atoms with E-state index in [2.05, 4.69) is 29.3 Å². The van der Waals surface area contributed by atoms with Gasteiger partial charge in [-0.1, -0.05) is 19.0 Å². The van der Waals surface area contributed by atoms with Crippen LogP contribution in [0.15, 0.2) is 4.52 Å². The van der Waals surface area contributed by atoms with Crippen molar-refractivity contribution in [1.82, 2.24) is 15.5 Å². The summed E-state index contributed by atoms with van der Waals surface area (Å²) in [5, 5.41) is 7.12. The average Bonchev–Trinajstić information content (AvgIpc) is 2.59. The van der Waals surface area contributed by atoms with E-state index in [1.807, 2.05) is 6.92 Å². The highest BCUT2D eigenvalue weighted by Crippen LogP contribution is 2.19. The quantitative estimate of drug-likeness (QED) is 0.722. The summed E-state index contributed by atoms with van der Waals surface area (Å²) in [6.07, 6.45) is 0. The molecule has 0 saturated heterocycles. The lowest BCUT2D eigenvalue weighted by Crippen LogP contribution is -2.29. The van der Waals surface area contributed by atoms with Crippen molar-refractivity contribution in [3.8, 4) is 0 Å². The minimum Gasteiger partial charge on any atom is -0.383 e. The molecule has 15 heavy (non-hydrogen) atoms. The first-order valence-corrected chi connectivity index (χ1v) is 5.17. The van der Waals surface area contributed by atoms with Crippen LogP contribution in [0.4, 0.5) is 0 Å². The van der Waals surface area contributed by atoms with Crippen LogP contribution in [0.2, 0.25) is 0 Å². The SMILES string of the molecule is COCCN[C@H](c1nc(C)no1)C(C)C. The van der Waals surface area contributed by atoms with Crippen LogP contribution in [0.25, 0.3) is 0 Å². The van der Waals surface area contributed by atoms with Gasteiger partial charge in [0.1, 0.15) is 0 Å². The lowest BCUT2D eigenvalue weighted by atomic mass is 10.0. The Morgan fingerprint density at radius 3 is 2.67 bits per heavy atom. The Hall–Kier alpha value is -0.940. The fourth-order valence-corrected chi connectivity index (χ4v) is 1.36. The Morgan fingerprint density at radius 1 is 1.47 bits per heavy atom. The summed E-state index contributed by atoms with van der Waals surface area (Å²) in [5.74, 6) is 1.73. The van der Waals surface area contributed by atoms with E-state index in [1.54, 1.807) is 7.11 Å². The summed E-state index contributed by atoms with van der Waals surface area (Å²) >= 11 is 0. The van der Waals surface area contributed by atoms with Gasteiger partial charge in [-0.2, -0.15) is 4.98 Å². The maximum atomic E-state index is 5.15. The lowest BCUT2D eigenvalue weighted by molar-refractivity contribution is 0.186. The van der Waals surface area contributed by atoms with Crippen molar-refractivity contribution in [1.29, 1.82) is 0 Å². The first-order chi connectivity index (χ1) is 7.15. The highest BCUT2D eigenvalue weighted by Gasteiger charge is 2.20. The van der Waals surface area contributed by atoms with Gasteiger partial charge in [-0.3, -0.25) is 0 Å². The average molecular weight is 213 g/mol. The standard InChI is InChI=1S/C10H19N3O2/c1-7(2)9(11-5-6-14-4)10-12-8(3)13-15-10/h7,9,11H,5-6H2,1-4H3/t9-/m0/s1. The monoisotopic (exact) mass is 213 g/mol. The molecule has 5 heteroatoms. The van der Waals surface area contributed by atoms with E-state index in [1.165, 1.54) is 0 Å². The van der Waals surface area contributed by atoms with Gasteiger partial charge in [0.2, 0.25) is 5.89 Å². The van der Waals surface area contributed by atoms with Crippen molar-refractivity contribution < 1.29 is 9.26 Å². The molecular formula is C10H19N3O2. The van der Waals surface area contributed by atoms with Gasteiger partial charge < -0.3 is 14.6 Å². The molecule has 1 atom stereocenters. The Labute approximate surface area is 90.2 Å². The van der Waals surface area contributed by atoms with Gasteiger partial charge in [0.15, 0.2) is 5.82 Å². The molecule has 0 fully saturated rings. The predicted molar refractivity (Wildman–Crippen MR) is 56.5 cm³/mol. The first kappa shape index (κ1) is 12.1. The molecule has 0 aliphatic carbocycles. The molecule has 1 rings (SSSR count). The van der Waals surface area contributed by atoms with Crippen LogP contribution in [-0.4, -0.2) is 30.4 Å². The van der Waals surface area contributed by atoms with Crippen molar-refractivity contribution in [2.45, 2.75) is 26.8 Å². The van der Waals surface area contributed by atoms with Crippen LogP contribution in [0.1, 0.15) is 31.6 Å². The van der Waals surface area contributed by atoms with E-state index < -0.39 is 0 Å². The highest BCUT2D eigenvalue weighted by atomic mass is 16.5. The third-order valence-corrected chi connectivity index (χ3v) is 2.15. The van der Waals surface area contributed by atoms with Gasteiger partial charge in [0, 0.05) is 13.7 Å². The number of hydrogen-bond acceptors (Lipinski definition) is 5. The molecule has 1 aromatic rings. The molecule has 0 radical (unpaired) electrons. The van der Waals surface area contributed by atoms with E-state index in [0.29, 0.717) is 24.2 Å². The normalized spacial score (nSPS) is 13.4. The third kappa shape index (κ3) is 3.60. The van der Waals surface area contributed by atoms with Gasteiger partial charge in [-0.25, -0.2) is 0 Å². The second-order valence-electron chi connectivity index (χ2n) is 3.85. The second-order valence-corrected chi connectivity index (χ2v) is 3.85. The molecule has 1 aromatic heterocycles. The second kappa shape index (κ2) is 5.82. The summed E-state index contributed by atoms with van der Waals surface area (Å²) in [5.41, 5.74) is 0. The van der Waals surface area contributed by atoms with Gasteiger partial charge in [0.05, 0.1) is 12.6 Å². The van der Waals surface area contributed by atoms with Crippen molar-refractivity contribution in [3.63, 3.8) is 0 Å². The largest absolute Gasteiger partial charge is 0.383 e. The number of nitrogens with zero attached hydrogens (tertiary/aromatic N) is 2. The molecule has 0 unspecified atom stereocenters. The number of aromatic nitrogens is 2. The van der Waals surface area contributed by atoms with E-state index in [9.17, 15) is 0 Å². The molecule has 0 aliphatic rings. The maximum absolute atomic E-state index is 5.15. The molecule has 0 aromatic carbocycles. The van der Waals surface area contributed by atoms with Gasteiger partial charge in [0.25, 0.3) is 0 Å². The van der Waals surface area contributed by atoms with Crippen molar-refractivity contribution >= 4 is 0 Å². The molecule has 1 N–H and O–H groups in total. The van der Waals surface area contributed by atoms with Gasteiger partial charge in [-0.05, 0) is 12.8 Å². The smallest absolute Gasteiger partial charge is 0.244 e. The fourth-order valence-electron chi connectivity index (χ4n) is 1.36. The van der Waals surface area contributed by atoms with E-state index in [-0.39, 0.29) is 6.04 Å². The Bertz CT molecular complexity index is 286. The lowest BCUT2D eigenvalue weighted by Gasteiger charge is -2.18. The van der Waals surface area contributed by atoms with Crippen LogP contribution < -0.4 is 5.32 Å². The zero-order chi connectivity index (χ0) is 11.3. The number of rotatable bonds is 6. The van der Waals surface area contributed by atoms with Gasteiger partial charge >= 0.3 is 0 Å². The minimum atomic E-state index is 0.0985. The van der Waals surface area contributed by atoms with Gasteiger partial charge in [-0.15, -0.1) is 0 Å². The summed E-state index contributed by atoms with van der Waals surface area (Å²) < 4.78 is 10.1. The molecule has 0 spiro atoms. The topological polar surface area (TPSA) is 60.2 Å². The zero-order valence-electron chi connectivity index (χ0n) is 9.78. The zero-order valence-corrected chi connectivity index (χ0v) is 9.78. The van der Waals surface area contributed by atoms with E-state index >= 15 is 0 Å². The Kier molecular flexibility index (Phi) is 4.71. The molecule has 86 valence electrons. The first-order valence-electron chi connectivity index (χ1n) is 5.17. The van der Waals surface area contributed by atoms with E-state index in [4.69, 9.17) is 9.26 Å².